The van der Waals surface area contributed by atoms with Crippen LogP contribution in [0.2, 0.25) is 5.02 Å². The van der Waals surface area contributed by atoms with Gasteiger partial charge in [0.05, 0.1) is 0 Å². The first kappa shape index (κ1) is 24.6. The normalized spacial score (nSPS) is 12.9. The maximum Gasteiger partial charge on any atom is 0.303 e. The van der Waals surface area contributed by atoms with Crippen molar-refractivity contribution in [3.05, 3.63) is 47.5 Å². The van der Waals surface area contributed by atoms with Crippen molar-refractivity contribution in [2.45, 2.75) is 52.7 Å². The Bertz CT molecular complexity index is 1140. The third-order valence-corrected chi connectivity index (χ3v) is 5.53. The van der Waals surface area contributed by atoms with E-state index in [1.165, 1.54) is 13.8 Å². The smallest absolute Gasteiger partial charge is 0.303 e. The molecule has 3 aromatic rings. The molecule has 0 aliphatic rings. The van der Waals surface area contributed by atoms with E-state index in [0.717, 1.165) is 21.5 Å². The minimum absolute atomic E-state index is 0.215. The summed E-state index contributed by atoms with van der Waals surface area (Å²) < 4.78 is 23.2. The quantitative estimate of drug-likeness (QED) is 0.263. The first-order chi connectivity index (χ1) is 15.8. The molecule has 0 aliphatic heterocycles. The molecule has 0 saturated carbocycles. The minimum atomic E-state index is -0.361. The van der Waals surface area contributed by atoms with Gasteiger partial charge in [-0.3, -0.25) is 9.59 Å². The van der Waals surface area contributed by atoms with Crippen molar-refractivity contribution in [1.29, 1.82) is 0 Å². The summed E-state index contributed by atoms with van der Waals surface area (Å²) in [7, 11) is 0. The highest BCUT2D eigenvalue weighted by atomic mass is 35.5. The predicted octanol–water partition coefficient (Wildman–Crippen LogP) is 6.09. The van der Waals surface area contributed by atoms with Crippen molar-refractivity contribution in [3.63, 3.8) is 0 Å². The van der Waals surface area contributed by atoms with Crippen LogP contribution >= 0.6 is 11.6 Å². The molecule has 176 valence electrons. The lowest BCUT2D eigenvalue weighted by Crippen LogP contribution is -2.24. The Morgan fingerprint density at radius 2 is 1.21 bits per heavy atom. The molecule has 33 heavy (non-hydrogen) atoms. The summed E-state index contributed by atoms with van der Waals surface area (Å²) >= 11 is 6.34. The fourth-order valence-corrected chi connectivity index (χ4v) is 3.85. The third kappa shape index (κ3) is 6.08. The van der Waals surface area contributed by atoms with Gasteiger partial charge in [0.15, 0.2) is 0 Å². The number of esters is 2. The fourth-order valence-electron chi connectivity index (χ4n) is 3.68. The Hall–Kier alpha value is -2.99. The second kappa shape index (κ2) is 11.2. The zero-order chi connectivity index (χ0) is 24.0. The molecule has 0 saturated heterocycles. The van der Waals surface area contributed by atoms with Crippen LogP contribution in [0.25, 0.3) is 21.5 Å². The van der Waals surface area contributed by atoms with Crippen LogP contribution < -0.4 is 9.47 Å². The van der Waals surface area contributed by atoms with Crippen LogP contribution in [0.1, 0.15) is 40.5 Å². The zero-order valence-corrected chi connectivity index (χ0v) is 20.1. The van der Waals surface area contributed by atoms with Crippen LogP contribution in [0.4, 0.5) is 0 Å². The van der Waals surface area contributed by atoms with E-state index in [-0.39, 0.29) is 37.4 Å². The molecule has 6 nitrogen and oxygen atoms in total. The SMILES string of the molecule is CCC(COc1c2ccccc2c(OCC(CC)OC(C)=O)c2cc(Cl)ccc12)OC(C)=O. The Kier molecular flexibility index (Phi) is 8.39. The number of fused-ring (bicyclic) bond motifs is 2. The van der Waals surface area contributed by atoms with Crippen molar-refractivity contribution in [2.75, 3.05) is 13.2 Å². The molecule has 2 atom stereocenters. The van der Waals surface area contributed by atoms with Gasteiger partial charge in [0.25, 0.3) is 0 Å². The van der Waals surface area contributed by atoms with Crippen LogP contribution in [0, 0.1) is 0 Å². The lowest BCUT2D eigenvalue weighted by molar-refractivity contribution is -0.148. The Balaban J connectivity index is 2.07. The number of hydrogen-bond donors (Lipinski definition) is 0. The lowest BCUT2D eigenvalue weighted by Gasteiger charge is -2.22. The van der Waals surface area contributed by atoms with Crippen molar-refractivity contribution >= 4 is 45.1 Å². The highest BCUT2D eigenvalue weighted by molar-refractivity contribution is 6.31. The first-order valence-electron chi connectivity index (χ1n) is 11.1. The molecule has 0 bridgehead atoms. The minimum Gasteiger partial charge on any atom is -0.488 e. The van der Waals surface area contributed by atoms with E-state index in [2.05, 4.69) is 0 Å². The van der Waals surface area contributed by atoms with Gasteiger partial charge in [-0.1, -0.05) is 49.7 Å². The predicted molar refractivity (Wildman–Crippen MR) is 129 cm³/mol. The Morgan fingerprint density at radius 3 is 1.67 bits per heavy atom. The molecule has 7 heteroatoms. The van der Waals surface area contributed by atoms with Gasteiger partial charge in [0, 0.05) is 40.4 Å². The standard InChI is InChI=1S/C26H29ClO6/c1-5-19(32-16(3)28)14-30-25-21-9-7-8-10-22(21)26(24-13-18(27)11-12-23(24)25)31-15-20(6-2)33-17(4)29/h7-13,19-20H,5-6,14-15H2,1-4H3. The van der Waals surface area contributed by atoms with Gasteiger partial charge in [-0.15, -0.1) is 0 Å². The van der Waals surface area contributed by atoms with Crippen LogP contribution in [-0.2, 0) is 19.1 Å². The van der Waals surface area contributed by atoms with Crippen LogP contribution in [-0.4, -0.2) is 37.4 Å². The molecule has 0 heterocycles. The topological polar surface area (TPSA) is 71.1 Å². The van der Waals surface area contributed by atoms with Gasteiger partial charge in [-0.2, -0.15) is 0 Å². The highest BCUT2D eigenvalue weighted by Crippen LogP contribution is 2.43. The third-order valence-electron chi connectivity index (χ3n) is 5.29. The van der Waals surface area contributed by atoms with Crippen molar-refractivity contribution in [1.82, 2.24) is 0 Å². The number of hydrogen-bond acceptors (Lipinski definition) is 6. The molecule has 0 amide bonds. The fraction of sp³-hybridized carbons (Fsp3) is 0.385. The van der Waals surface area contributed by atoms with E-state index in [0.29, 0.717) is 29.4 Å². The average molecular weight is 473 g/mol. The number of ether oxygens (including phenoxy) is 4. The van der Waals surface area contributed by atoms with E-state index < -0.39 is 0 Å². The summed E-state index contributed by atoms with van der Waals surface area (Å²) in [4.78, 5) is 22.8. The van der Waals surface area contributed by atoms with Crippen molar-refractivity contribution < 1.29 is 28.5 Å². The molecule has 3 rings (SSSR count). The number of benzene rings is 3. The lowest BCUT2D eigenvalue weighted by atomic mass is 10.0. The van der Waals surface area contributed by atoms with E-state index in [9.17, 15) is 9.59 Å². The highest BCUT2D eigenvalue weighted by Gasteiger charge is 2.20. The molecule has 0 fully saturated rings. The van der Waals surface area contributed by atoms with Gasteiger partial charge in [0.2, 0.25) is 0 Å². The summed E-state index contributed by atoms with van der Waals surface area (Å²) in [5.41, 5.74) is 0. The van der Waals surface area contributed by atoms with Crippen LogP contribution in [0.5, 0.6) is 11.5 Å². The molecule has 0 radical (unpaired) electrons. The number of halogens is 1. The van der Waals surface area contributed by atoms with Crippen molar-refractivity contribution in [2.24, 2.45) is 0 Å². The zero-order valence-electron chi connectivity index (χ0n) is 19.4. The molecular weight excluding hydrogens is 444 g/mol. The maximum absolute atomic E-state index is 11.4. The summed E-state index contributed by atoms with van der Waals surface area (Å²) in [6.07, 6.45) is 0.553. The second-order valence-electron chi connectivity index (χ2n) is 7.80. The Morgan fingerprint density at radius 1 is 0.758 bits per heavy atom. The average Bonchev–Trinajstić information content (AvgIpc) is 2.78. The van der Waals surface area contributed by atoms with E-state index in [1.54, 1.807) is 6.07 Å². The molecule has 0 N–H and O–H groups in total. The number of rotatable bonds is 10. The summed E-state index contributed by atoms with van der Waals surface area (Å²) in [5, 5.41) is 3.88. The van der Waals surface area contributed by atoms with Gasteiger partial charge < -0.3 is 18.9 Å². The monoisotopic (exact) mass is 472 g/mol. The van der Waals surface area contributed by atoms with Crippen LogP contribution in [0.3, 0.4) is 0 Å². The van der Waals surface area contributed by atoms with Gasteiger partial charge in [-0.25, -0.2) is 0 Å². The van der Waals surface area contributed by atoms with Gasteiger partial charge >= 0.3 is 11.9 Å². The molecule has 0 spiro atoms. The molecular formula is C26H29ClO6. The second-order valence-corrected chi connectivity index (χ2v) is 8.23. The molecule has 3 aromatic carbocycles. The number of carbonyl (C=O) groups is 2. The van der Waals surface area contributed by atoms with E-state index in [4.69, 9.17) is 30.5 Å². The summed E-state index contributed by atoms with van der Waals surface area (Å²) in [6.45, 7) is 7.10. The molecule has 2 unspecified atom stereocenters. The largest absolute Gasteiger partial charge is 0.488 e. The summed E-state index contributed by atoms with van der Waals surface area (Å²) in [6, 6.07) is 13.3. The van der Waals surface area contributed by atoms with Crippen molar-refractivity contribution in [3.8, 4) is 11.5 Å². The van der Waals surface area contributed by atoms with E-state index in [1.807, 2.05) is 50.2 Å². The van der Waals surface area contributed by atoms with E-state index >= 15 is 0 Å². The van der Waals surface area contributed by atoms with Gasteiger partial charge in [0.1, 0.15) is 36.9 Å². The first-order valence-corrected chi connectivity index (χ1v) is 11.5. The van der Waals surface area contributed by atoms with Gasteiger partial charge in [-0.05, 0) is 31.0 Å². The molecule has 0 aliphatic carbocycles. The molecule has 0 aromatic heterocycles. The summed E-state index contributed by atoms with van der Waals surface area (Å²) in [5.74, 6) is 0.634. The van der Waals surface area contributed by atoms with Crippen LogP contribution in [0.15, 0.2) is 42.5 Å². The maximum atomic E-state index is 11.4. The number of carbonyl (C=O) groups excluding carboxylic acids is 2. The Labute approximate surface area is 198 Å².